The van der Waals surface area contributed by atoms with Gasteiger partial charge < -0.3 is 20.1 Å². The third kappa shape index (κ3) is 3.55. The van der Waals surface area contributed by atoms with Gasteiger partial charge in [0.25, 0.3) is 5.56 Å². The molecule has 1 aromatic heterocycles. The minimum atomic E-state index is -0.872. The molecule has 1 fully saturated rings. The molecule has 1 unspecified atom stereocenters. The van der Waals surface area contributed by atoms with E-state index in [0.717, 1.165) is 37.3 Å². The topological polar surface area (TPSA) is 90.5 Å². The fraction of sp³-hybridized carbons (Fsp3) is 0.733. The Labute approximate surface area is 129 Å². The van der Waals surface area contributed by atoms with Crippen molar-refractivity contribution in [2.24, 2.45) is 0 Å². The molecule has 0 saturated carbocycles. The normalized spacial score (nSPS) is 27.0. The number of hydrogen-bond donors (Lipinski definition) is 3. The molecule has 0 spiro atoms. The molecule has 3 rings (SSSR count). The molecule has 2 aliphatic heterocycles. The van der Waals surface area contributed by atoms with Crippen LogP contribution < -0.4 is 10.9 Å². The summed E-state index contributed by atoms with van der Waals surface area (Å²) in [4.78, 5) is 21.5. The highest BCUT2D eigenvalue weighted by Gasteiger charge is 2.32. The molecule has 2 aliphatic rings. The quantitative estimate of drug-likeness (QED) is 0.638. The molecule has 7 heteroatoms. The minimum absolute atomic E-state index is 0.0254. The average molecular weight is 308 g/mol. The van der Waals surface area contributed by atoms with Gasteiger partial charge in [0, 0.05) is 44.7 Å². The van der Waals surface area contributed by atoms with Gasteiger partial charge in [-0.15, -0.1) is 0 Å². The molecule has 22 heavy (non-hydrogen) atoms. The second-order valence-electron chi connectivity index (χ2n) is 6.31. The maximum atomic E-state index is 12.0. The van der Waals surface area contributed by atoms with Gasteiger partial charge in [-0.2, -0.15) is 0 Å². The average Bonchev–Trinajstić information content (AvgIpc) is 2.78. The number of rotatable bonds is 2. The maximum absolute atomic E-state index is 12.0. The maximum Gasteiger partial charge on any atom is 0.254 e. The van der Waals surface area contributed by atoms with E-state index in [-0.39, 0.29) is 5.56 Å². The van der Waals surface area contributed by atoms with Crippen molar-refractivity contribution in [3.05, 3.63) is 27.4 Å². The number of nitrogens with one attached hydrogen (secondary N) is 2. The van der Waals surface area contributed by atoms with E-state index in [1.54, 1.807) is 0 Å². The van der Waals surface area contributed by atoms with E-state index in [2.05, 4.69) is 20.2 Å². The van der Waals surface area contributed by atoms with Crippen LogP contribution in [0.15, 0.2) is 4.79 Å². The van der Waals surface area contributed by atoms with Crippen molar-refractivity contribution in [3.8, 4) is 0 Å². The van der Waals surface area contributed by atoms with Crippen LogP contribution in [0, 0.1) is 6.92 Å². The first-order valence-electron chi connectivity index (χ1n) is 7.88. The van der Waals surface area contributed by atoms with E-state index < -0.39 is 5.60 Å². The van der Waals surface area contributed by atoms with E-state index >= 15 is 0 Å². The molecule has 0 radical (unpaired) electrons. The van der Waals surface area contributed by atoms with Gasteiger partial charge in [0.1, 0.15) is 11.4 Å². The number of nitrogens with zero attached hydrogens (tertiary/aromatic N) is 2. The van der Waals surface area contributed by atoms with Gasteiger partial charge >= 0.3 is 0 Å². The lowest BCUT2D eigenvalue weighted by Crippen LogP contribution is -2.52. The van der Waals surface area contributed by atoms with E-state index in [1.165, 1.54) is 0 Å². The van der Waals surface area contributed by atoms with Gasteiger partial charge in [-0.1, -0.05) is 0 Å². The van der Waals surface area contributed by atoms with Crippen LogP contribution in [0.5, 0.6) is 0 Å². The number of ether oxygens (including phenoxy) is 1. The Morgan fingerprint density at radius 2 is 2.23 bits per heavy atom. The zero-order valence-electron chi connectivity index (χ0n) is 13.0. The highest BCUT2D eigenvalue weighted by atomic mass is 16.5. The molecule has 3 N–H and O–H groups in total. The second kappa shape index (κ2) is 6.45. The van der Waals surface area contributed by atoms with Crippen LogP contribution in [0.2, 0.25) is 0 Å². The number of fused-ring (bicyclic) bond motifs is 1. The summed E-state index contributed by atoms with van der Waals surface area (Å²) in [6.07, 6.45) is 1.41. The number of β-amino-alcohol motifs (C(OH)–C–C–N with tert-alkyl or cyclic N) is 1. The van der Waals surface area contributed by atoms with Crippen LogP contribution >= 0.6 is 0 Å². The van der Waals surface area contributed by atoms with Gasteiger partial charge in [0.05, 0.1) is 18.9 Å². The molecule has 0 aromatic carbocycles. The lowest BCUT2D eigenvalue weighted by Gasteiger charge is -2.32. The first-order valence-corrected chi connectivity index (χ1v) is 7.88. The Hall–Kier alpha value is -1.28. The third-order valence-electron chi connectivity index (χ3n) is 4.33. The molecule has 1 aromatic rings. The Morgan fingerprint density at radius 1 is 1.41 bits per heavy atom. The number of hydrogen-bond acceptors (Lipinski definition) is 6. The molecule has 1 saturated heterocycles. The summed E-state index contributed by atoms with van der Waals surface area (Å²) in [6.45, 7) is 6.19. The lowest BCUT2D eigenvalue weighted by atomic mass is 10.0. The first kappa shape index (κ1) is 15.6. The Balaban J connectivity index is 1.69. The molecule has 0 amide bonds. The fourth-order valence-electron chi connectivity index (χ4n) is 3.23. The van der Waals surface area contributed by atoms with E-state index in [0.29, 0.717) is 38.5 Å². The van der Waals surface area contributed by atoms with Crippen molar-refractivity contribution in [3.63, 3.8) is 0 Å². The van der Waals surface area contributed by atoms with Gasteiger partial charge in [-0.05, 0) is 13.3 Å². The predicted molar refractivity (Wildman–Crippen MR) is 82.1 cm³/mol. The van der Waals surface area contributed by atoms with Crippen molar-refractivity contribution in [2.75, 3.05) is 45.9 Å². The standard InChI is InChI=1S/C15H24N4O3/c1-11-17-13-3-6-19(5-2-12(13)14(20)18-11)9-15(21)8-16-4-7-22-10-15/h16,21H,2-10H2,1H3,(H,17,18,20). The monoisotopic (exact) mass is 308 g/mol. The number of aryl methyl sites for hydroxylation is 1. The predicted octanol–water partition coefficient (Wildman–Crippen LogP) is -1.17. The SMILES string of the molecule is Cc1nc2c(c(=O)[nH]1)CCN(CC1(O)CNCCOC1)CC2. The second-order valence-corrected chi connectivity index (χ2v) is 6.31. The summed E-state index contributed by atoms with van der Waals surface area (Å²) in [5, 5.41) is 13.9. The number of aromatic amines is 1. The molecular formula is C15H24N4O3. The van der Waals surface area contributed by atoms with E-state index in [9.17, 15) is 9.90 Å². The van der Waals surface area contributed by atoms with Crippen LogP contribution in [-0.2, 0) is 17.6 Å². The third-order valence-corrected chi connectivity index (χ3v) is 4.33. The van der Waals surface area contributed by atoms with Crippen molar-refractivity contribution in [1.29, 1.82) is 0 Å². The molecule has 1 atom stereocenters. The van der Waals surface area contributed by atoms with E-state index in [4.69, 9.17) is 4.74 Å². The molecule has 7 nitrogen and oxygen atoms in total. The summed E-state index contributed by atoms with van der Waals surface area (Å²) in [6, 6.07) is 0. The van der Waals surface area contributed by atoms with Crippen molar-refractivity contribution in [1.82, 2.24) is 20.2 Å². The van der Waals surface area contributed by atoms with E-state index in [1.807, 2.05) is 6.92 Å². The molecule has 3 heterocycles. The van der Waals surface area contributed by atoms with Crippen molar-refractivity contribution < 1.29 is 9.84 Å². The first-order chi connectivity index (χ1) is 10.6. The molecule has 122 valence electrons. The van der Waals surface area contributed by atoms with Gasteiger partial charge in [-0.3, -0.25) is 9.69 Å². The highest BCUT2D eigenvalue weighted by Crippen LogP contribution is 2.15. The summed E-state index contributed by atoms with van der Waals surface area (Å²) in [5.74, 6) is 0.664. The minimum Gasteiger partial charge on any atom is -0.385 e. The van der Waals surface area contributed by atoms with Crippen LogP contribution in [0.25, 0.3) is 0 Å². The number of aromatic nitrogens is 2. The summed E-state index contributed by atoms with van der Waals surface area (Å²) in [7, 11) is 0. The van der Waals surface area contributed by atoms with Gasteiger partial charge in [0.15, 0.2) is 0 Å². The van der Waals surface area contributed by atoms with Crippen LogP contribution in [0.4, 0.5) is 0 Å². The molecular weight excluding hydrogens is 284 g/mol. The Kier molecular flexibility index (Phi) is 4.58. The van der Waals surface area contributed by atoms with Crippen molar-refractivity contribution >= 4 is 0 Å². The summed E-state index contributed by atoms with van der Waals surface area (Å²) < 4.78 is 5.47. The van der Waals surface area contributed by atoms with Crippen LogP contribution in [-0.4, -0.2) is 71.5 Å². The van der Waals surface area contributed by atoms with Crippen molar-refractivity contribution in [2.45, 2.75) is 25.4 Å². The fourth-order valence-corrected chi connectivity index (χ4v) is 3.23. The molecule has 0 bridgehead atoms. The number of H-pyrrole nitrogens is 1. The van der Waals surface area contributed by atoms with Gasteiger partial charge in [0.2, 0.25) is 0 Å². The van der Waals surface area contributed by atoms with Crippen LogP contribution in [0.1, 0.15) is 17.1 Å². The largest absolute Gasteiger partial charge is 0.385 e. The number of aliphatic hydroxyl groups is 1. The summed E-state index contributed by atoms with van der Waals surface area (Å²) in [5.41, 5.74) is 0.784. The Bertz CT molecular complexity index is 579. The zero-order chi connectivity index (χ0) is 15.6. The lowest BCUT2D eigenvalue weighted by molar-refractivity contribution is -0.0483. The van der Waals surface area contributed by atoms with Crippen LogP contribution in [0.3, 0.4) is 0 Å². The summed E-state index contributed by atoms with van der Waals surface area (Å²) >= 11 is 0. The highest BCUT2D eigenvalue weighted by molar-refractivity contribution is 5.20. The molecule has 0 aliphatic carbocycles. The van der Waals surface area contributed by atoms with Gasteiger partial charge in [-0.25, -0.2) is 4.98 Å². The smallest absolute Gasteiger partial charge is 0.254 e. The zero-order valence-corrected chi connectivity index (χ0v) is 13.0. The Morgan fingerprint density at radius 3 is 3.09 bits per heavy atom.